The molecule has 1 amide bonds. The minimum atomic E-state index is -0.900. The summed E-state index contributed by atoms with van der Waals surface area (Å²) in [4.78, 5) is 14.4. The summed E-state index contributed by atoms with van der Waals surface area (Å²) in [6.07, 6.45) is 3.61. The molecule has 7 heteroatoms. The number of halogens is 2. The number of nitrogens with zero attached hydrogens (tertiary/aromatic N) is 3. The minimum absolute atomic E-state index is 0.430. The molecule has 3 aromatic rings. The molecule has 148 valence electrons. The highest BCUT2D eigenvalue weighted by molar-refractivity contribution is 6.04. The lowest BCUT2D eigenvalue weighted by Gasteiger charge is -2.27. The third-order valence-corrected chi connectivity index (χ3v) is 4.96. The maximum atomic E-state index is 13.7. The van der Waals surface area contributed by atoms with Gasteiger partial charge in [-0.1, -0.05) is 18.2 Å². The number of nitrogens with one attached hydrogen (secondary N) is 1. The van der Waals surface area contributed by atoms with Crippen molar-refractivity contribution in [2.45, 2.75) is 19.3 Å². The zero-order valence-corrected chi connectivity index (χ0v) is 15.7. The van der Waals surface area contributed by atoms with Crippen LogP contribution in [0.2, 0.25) is 0 Å². The quantitative estimate of drug-likeness (QED) is 0.699. The summed E-state index contributed by atoms with van der Waals surface area (Å²) in [7, 11) is 0. The predicted molar refractivity (Wildman–Crippen MR) is 108 cm³/mol. The van der Waals surface area contributed by atoms with E-state index in [4.69, 9.17) is 0 Å². The van der Waals surface area contributed by atoms with Crippen LogP contribution in [0.4, 0.5) is 20.3 Å². The average molecular weight is 394 g/mol. The van der Waals surface area contributed by atoms with E-state index in [1.807, 2.05) is 12.1 Å². The number of hydrogen-bond donors (Lipinski definition) is 1. The van der Waals surface area contributed by atoms with Gasteiger partial charge >= 0.3 is 0 Å². The van der Waals surface area contributed by atoms with Gasteiger partial charge in [0, 0.05) is 24.3 Å². The molecule has 0 atom stereocenters. The molecule has 0 spiro atoms. The molecule has 0 saturated carbocycles. The average Bonchev–Trinajstić information content (AvgIpc) is 2.75. The molecule has 1 fully saturated rings. The molecule has 1 saturated heterocycles. The van der Waals surface area contributed by atoms with E-state index < -0.39 is 23.1 Å². The molecule has 2 heterocycles. The fourth-order valence-corrected chi connectivity index (χ4v) is 3.40. The highest BCUT2D eigenvalue weighted by Crippen LogP contribution is 2.23. The lowest BCUT2D eigenvalue weighted by Crippen LogP contribution is -2.30. The Labute approximate surface area is 167 Å². The predicted octanol–water partition coefficient (Wildman–Crippen LogP) is 4.66. The van der Waals surface area contributed by atoms with Gasteiger partial charge in [0.1, 0.15) is 17.2 Å². The van der Waals surface area contributed by atoms with Crippen LogP contribution < -0.4 is 10.2 Å². The molecule has 0 radical (unpaired) electrons. The van der Waals surface area contributed by atoms with Crippen LogP contribution in [0.5, 0.6) is 0 Å². The second-order valence-corrected chi connectivity index (χ2v) is 6.95. The number of rotatable bonds is 4. The third-order valence-electron chi connectivity index (χ3n) is 4.96. The molecule has 5 nitrogen and oxygen atoms in total. The Bertz CT molecular complexity index is 980. The van der Waals surface area contributed by atoms with E-state index in [1.165, 1.54) is 25.3 Å². The summed E-state index contributed by atoms with van der Waals surface area (Å²) in [5, 5.41) is 11.1. The Balaban J connectivity index is 1.46. The Morgan fingerprint density at radius 3 is 2.17 bits per heavy atom. The molecule has 1 aliphatic rings. The Morgan fingerprint density at radius 1 is 0.862 bits per heavy atom. The van der Waals surface area contributed by atoms with Gasteiger partial charge < -0.3 is 10.2 Å². The molecular weight excluding hydrogens is 374 g/mol. The van der Waals surface area contributed by atoms with Crippen LogP contribution in [0.25, 0.3) is 11.3 Å². The van der Waals surface area contributed by atoms with Crippen molar-refractivity contribution in [3.05, 3.63) is 71.8 Å². The van der Waals surface area contributed by atoms with Gasteiger partial charge in [0.25, 0.3) is 5.91 Å². The summed E-state index contributed by atoms with van der Waals surface area (Å²) in [5.41, 5.74) is 1.37. The SMILES string of the molecule is O=C(Nc1ccc(-c2ccc(N3CCCCC3)nn2)cc1)c1c(F)cccc1F. The first-order valence-corrected chi connectivity index (χ1v) is 9.56. The molecule has 1 aliphatic heterocycles. The first kappa shape index (κ1) is 19.0. The minimum Gasteiger partial charge on any atom is -0.355 e. The van der Waals surface area contributed by atoms with Gasteiger partial charge in [-0.2, -0.15) is 0 Å². The van der Waals surface area contributed by atoms with Crippen molar-refractivity contribution in [3.63, 3.8) is 0 Å². The van der Waals surface area contributed by atoms with Crippen LogP contribution in [0.1, 0.15) is 29.6 Å². The van der Waals surface area contributed by atoms with Gasteiger partial charge in [-0.3, -0.25) is 4.79 Å². The highest BCUT2D eigenvalue weighted by Gasteiger charge is 2.17. The molecule has 0 bridgehead atoms. The molecule has 0 unspecified atom stereocenters. The van der Waals surface area contributed by atoms with E-state index in [-0.39, 0.29) is 0 Å². The van der Waals surface area contributed by atoms with Crippen LogP contribution in [0.3, 0.4) is 0 Å². The van der Waals surface area contributed by atoms with Crippen molar-refractivity contribution in [3.8, 4) is 11.3 Å². The van der Waals surface area contributed by atoms with Crippen LogP contribution in [-0.4, -0.2) is 29.2 Å². The number of hydrogen-bond acceptors (Lipinski definition) is 4. The van der Waals surface area contributed by atoms with Crippen molar-refractivity contribution < 1.29 is 13.6 Å². The number of benzene rings is 2. The van der Waals surface area contributed by atoms with Crippen molar-refractivity contribution in [1.29, 1.82) is 0 Å². The van der Waals surface area contributed by atoms with Crippen molar-refractivity contribution in [2.75, 3.05) is 23.3 Å². The van der Waals surface area contributed by atoms with Gasteiger partial charge in [0.15, 0.2) is 5.82 Å². The van der Waals surface area contributed by atoms with Gasteiger partial charge in [-0.05, 0) is 55.7 Å². The first-order valence-electron chi connectivity index (χ1n) is 9.56. The highest BCUT2D eigenvalue weighted by atomic mass is 19.1. The summed E-state index contributed by atoms with van der Waals surface area (Å²) < 4.78 is 27.5. The van der Waals surface area contributed by atoms with E-state index in [2.05, 4.69) is 20.4 Å². The number of carbonyl (C=O) groups excluding carboxylic acids is 1. The van der Waals surface area contributed by atoms with E-state index in [0.717, 1.165) is 36.6 Å². The van der Waals surface area contributed by atoms with Crippen LogP contribution >= 0.6 is 0 Å². The summed E-state index contributed by atoms with van der Waals surface area (Å²) >= 11 is 0. The van der Waals surface area contributed by atoms with Crippen LogP contribution in [0.15, 0.2) is 54.6 Å². The number of amides is 1. The second kappa shape index (κ2) is 8.34. The smallest absolute Gasteiger partial charge is 0.261 e. The molecule has 29 heavy (non-hydrogen) atoms. The Morgan fingerprint density at radius 2 is 1.55 bits per heavy atom. The monoisotopic (exact) mass is 394 g/mol. The van der Waals surface area contributed by atoms with Gasteiger partial charge in [0.2, 0.25) is 0 Å². The number of carbonyl (C=O) groups is 1. The van der Waals surface area contributed by atoms with Crippen molar-refractivity contribution in [2.24, 2.45) is 0 Å². The normalized spacial score (nSPS) is 13.9. The molecular formula is C22H20F2N4O. The largest absolute Gasteiger partial charge is 0.355 e. The lowest BCUT2D eigenvalue weighted by atomic mass is 10.1. The zero-order chi connectivity index (χ0) is 20.2. The molecule has 1 N–H and O–H groups in total. The van der Waals surface area contributed by atoms with Gasteiger partial charge in [-0.25, -0.2) is 8.78 Å². The van der Waals surface area contributed by atoms with E-state index in [9.17, 15) is 13.6 Å². The maximum Gasteiger partial charge on any atom is 0.261 e. The maximum absolute atomic E-state index is 13.7. The topological polar surface area (TPSA) is 58.1 Å². The standard InChI is InChI=1S/C22H20F2N4O/c23-17-5-4-6-18(24)21(17)22(29)25-16-9-7-15(8-10-16)19-11-12-20(27-26-19)28-13-2-1-3-14-28/h4-12H,1-3,13-14H2,(H,25,29). The van der Waals surface area contributed by atoms with Gasteiger partial charge in [-0.15, -0.1) is 10.2 Å². The van der Waals surface area contributed by atoms with Crippen molar-refractivity contribution >= 4 is 17.4 Å². The van der Waals surface area contributed by atoms with E-state index in [0.29, 0.717) is 11.4 Å². The number of aromatic nitrogens is 2. The Hall–Kier alpha value is -3.35. The lowest BCUT2D eigenvalue weighted by molar-refractivity contribution is 0.101. The summed E-state index contributed by atoms with van der Waals surface area (Å²) in [5.74, 6) is -1.75. The summed E-state index contributed by atoms with van der Waals surface area (Å²) in [6.45, 7) is 2.01. The number of piperidine rings is 1. The molecule has 0 aliphatic carbocycles. The third kappa shape index (κ3) is 4.23. The second-order valence-electron chi connectivity index (χ2n) is 6.95. The van der Waals surface area contributed by atoms with Crippen LogP contribution in [-0.2, 0) is 0 Å². The molecule has 4 rings (SSSR count). The van der Waals surface area contributed by atoms with Crippen molar-refractivity contribution in [1.82, 2.24) is 10.2 Å². The fraction of sp³-hybridized carbons (Fsp3) is 0.227. The zero-order valence-electron chi connectivity index (χ0n) is 15.7. The first-order chi connectivity index (χ1) is 14.1. The summed E-state index contributed by atoms with van der Waals surface area (Å²) in [6, 6.07) is 14.1. The molecule has 2 aromatic carbocycles. The van der Waals surface area contributed by atoms with E-state index >= 15 is 0 Å². The van der Waals surface area contributed by atoms with E-state index in [1.54, 1.807) is 24.3 Å². The number of anilines is 2. The van der Waals surface area contributed by atoms with Crippen LogP contribution in [0, 0.1) is 11.6 Å². The van der Waals surface area contributed by atoms with Gasteiger partial charge in [0.05, 0.1) is 5.69 Å². The fourth-order valence-electron chi connectivity index (χ4n) is 3.40. The molecule has 1 aromatic heterocycles. The Kier molecular flexibility index (Phi) is 5.46.